The zero-order valence-corrected chi connectivity index (χ0v) is 35.2. The van der Waals surface area contributed by atoms with Crippen LogP contribution in [-0.4, -0.2) is 111 Å². The molecule has 1 saturated carbocycles. The number of anilines is 3. The van der Waals surface area contributed by atoms with E-state index in [0.29, 0.717) is 30.2 Å². The lowest BCUT2D eigenvalue weighted by Gasteiger charge is -2.39. The maximum absolute atomic E-state index is 17.3. The smallest absolute Gasteiger partial charge is 0.319 e. The van der Waals surface area contributed by atoms with Gasteiger partial charge in [-0.2, -0.15) is 9.97 Å². The van der Waals surface area contributed by atoms with Gasteiger partial charge < -0.3 is 34.6 Å². The normalized spacial score (nSPS) is 25.9. The fourth-order valence-corrected chi connectivity index (χ4v) is 9.98. The third-order valence-electron chi connectivity index (χ3n) is 13.3. The van der Waals surface area contributed by atoms with Gasteiger partial charge in [-0.3, -0.25) is 9.78 Å². The monoisotopic (exact) mass is 838 g/mol. The number of carbonyl (C=O) groups excluding carboxylic acids is 1. The number of ether oxygens (including phenoxy) is 2. The second-order valence-electron chi connectivity index (χ2n) is 17.7. The van der Waals surface area contributed by atoms with E-state index in [4.69, 9.17) is 25.9 Å². The van der Waals surface area contributed by atoms with Gasteiger partial charge in [-0.1, -0.05) is 31.4 Å². The standard InChI is InChI=1S/C46H53F3N8O4/c1-7-32-35(48)13-11-29-19-45(5,59)21-33(38(29)32)40-39(49)41-34(23-51-40)42(52-26-46(15-9-10-16-46)55(6)37(58)8-2)54-43(53-41)61-27-44(4)20-30(47)24-57(44)36-14-12-31(22-50-36)56-17-18-60-25-28(56)3/h1,8,11-14,22-23,28,30,33,59H,2,9-10,15-21,24-27H2,3-6H3,(H,52,53,54)/t28-,30+,33-,44-,45-/m0/s1. The van der Waals surface area contributed by atoms with E-state index in [1.165, 1.54) is 18.3 Å². The molecule has 15 heteroatoms. The number of hydrogen-bond acceptors (Lipinski definition) is 11. The molecule has 0 radical (unpaired) electrons. The molecule has 8 rings (SSSR count). The van der Waals surface area contributed by atoms with Gasteiger partial charge in [-0.05, 0) is 75.4 Å². The van der Waals surface area contributed by atoms with Crippen LogP contribution in [0.1, 0.15) is 87.6 Å². The van der Waals surface area contributed by atoms with E-state index in [1.54, 1.807) is 31.1 Å². The van der Waals surface area contributed by atoms with Gasteiger partial charge in [0, 0.05) is 51.1 Å². The number of amides is 1. The molecule has 322 valence electrons. The average Bonchev–Trinajstić information content (AvgIpc) is 3.85. The predicted octanol–water partition coefficient (Wildman–Crippen LogP) is 6.49. The Morgan fingerprint density at radius 2 is 1.95 bits per heavy atom. The number of nitrogens with zero attached hydrogens (tertiary/aromatic N) is 7. The Bertz CT molecular complexity index is 2370. The lowest BCUT2D eigenvalue weighted by atomic mass is 9.72. The predicted molar refractivity (Wildman–Crippen MR) is 228 cm³/mol. The molecule has 5 heterocycles. The first kappa shape index (κ1) is 42.2. The largest absolute Gasteiger partial charge is 0.461 e. The Balaban J connectivity index is 1.16. The van der Waals surface area contributed by atoms with Crippen LogP contribution in [0, 0.1) is 24.0 Å². The lowest BCUT2D eigenvalue weighted by molar-refractivity contribution is -0.129. The van der Waals surface area contributed by atoms with Crippen LogP contribution in [0.2, 0.25) is 0 Å². The fraction of sp³-hybridized carbons (Fsp3) is 0.500. The van der Waals surface area contributed by atoms with Crippen molar-refractivity contribution < 1.29 is 32.5 Å². The summed E-state index contributed by atoms with van der Waals surface area (Å²) in [5.41, 5.74) is -0.959. The number of pyridine rings is 2. The van der Waals surface area contributed by atoms with Crippen molar-refractivity contribution in [3.05, 3.63) is 83.3 Å². The minimum Gasteiger partial charge on any atom is -0.461 e. The summed E-state index contributed by atoms with van der Waals surface area (Å²) in [5.74, 6) is 0.701. The summed E-state index contributed by atoms with van der Waals surface area (Å²) in [6.07, 6.45) is 12.8. The van der Waals surface area contributed by atoms with Crippen LogP contribution in [0.5, 0.6) is 6.01 Å². The Morgan fingerprint density at radius 3 is 2.66 bits per heavy atom. The number of benzene rings is 1. The highest BCUT2D eigenvalue weighted by molar-refractivity contribution is 5.90. The van der Waals surface area contributed by atoms with E-state index in [9.17, 15) is 9.90 Å². The summed E-state index contributed by atoms with van der Waals surface area (Å²) in [5, 5.41) is 15.0. The number of aliphatic hydroxyl groups is 1. The minimum atomic E-state index is -1.27. The molecule has 1 aromatic carbocycles. The molecular formula is C46H53F3N8O4. The van der Waals surface area contributed by atoms with Crippen molar-refractivity contribution in [2.45, 2.75) is 101 Å². The average molecular weight is 839 g/mol. The van der Waals surface area contributed by atoms with Gasteiger partial charge in [0.1, 0.15) is 35.7 Å². The van der Waals surface area contributed by atoms with E-state index in [0.717, 1.165) is 37.9 Å². The molecule has 2 aliphatic carbocycles. The number of rotatable bonds is 11. The first-order valence-electron chi connectivity index (χ1n) is 21.0. The highest BCUT2D eigenvalue weighted by Gasteiger charge is 2.45. The van der Waals surface area contributed by atoms with Crippen molar-refractivity contribution in [3.8, 4) is 18.4 Å². The highest BCUT2D eigenvalue weighted by Crippen LogP contribution is 2.45. The lowest BCUT2D eigenvalue weighted by Crippen LogP contribution is -2.51. The molecular weight excluding hydrogens is 786 g/mol. The third kappa shape index (κ3) is 7.96. The molecule has 5 atom stereocenters. The van der Waals surface area contributed by atoms with Crippen molar-refractivity contribution in [1.29, 1.82) is 0 Å². The molecule has 4 aliphatic rings. The molecule has 2 N–H and O–H groups in total. The first-order valence-corrected chi connectivity index (χ1v) is 21.0. The summed E-state index contributed by atoms with van der Waals surface area (Å²) in [4.78, 5) is 37.4. The molecule has 4 aromatic rings. The summed E-state index contributed by atoms with van der Waals surface area (Å²) >= 11 is 0. The maximum atomic E-state index is 17.3. The second-order valence-corrected chi connectivity index (χ2v) is 17.7. The summed E-state index contributed by atoms with van der Waals surface area (Å²) < 4.78 is 59.8. The number of alkyl halides is 1. The third-order valence-corrected chi connectivity index (χ3v) is 13.3. The number of morpholine rings is 1. The minimum absolute atomic E-state index is 0.00581. The Kier molecular flexibility index (Phi) is 11.4. The van der Waals surface area contributed by atoms with Gasteiger partial charge in [0.15, 0.2) is 5.82 Å². The van der Waals surface area contributed by atoms with Crippen LogP contribution >= 0.6 is 0 Å². The summed E-state index contributed by atoms with van der Waals surface area (Å²) in [6, 6.07) is 6.72. The molecule has 3 aromatic heterocycles. The number of carbonyl (C=O) groups is 1. The number of fused-ring (bicyclic) bond motifs is 2. The van der Waals surface area contributed by atoms with Crippen LogP contribution in [0.3, 0.4) is 0 Å². The number of aromatic nitrogens is 4. The zero-order chi connectivity index (χ0) is 43.3. The van der Waals surface area contributed by atoms with Gasteiger partial charge in [0.2, 0.25) is 5.91 Å². The van der Waals surface area contributed by atoms with Gasteiger partial charge in [0.25, 0.3) is 0 Å². The molecule has 0 spiro atoms. The van der Waals surface area contributed by atoms with Crippen molar-refractivity contribution in [2.75, 3.05) is 61.6 Å². The van der Waals surface area contributed by atoms with E-state index in [-0.39, 0.29) is 84.9 Å². The van der Waals surface area contributed by atoms with E-state index in [2.05, 4.69) is 39.6 Å². The van der Waals surface area contributed by atoms with Crippen LogP contribution in [0.15, 0.2) is 49.3 Å². The van der Waals surface area contributed by atoms with Crippen LogP contribution in [0.4, 0.5) is 30.5 Å². The Labute approximate surface area is 354 Å². The molecule has 3 fully saturated rings. The summed E-state index contributed by atoms with van der Waals surface area (Å²) in [6.45, 7) is 11.6. The number of likely N-dealkylation sites (N-methyl/N-ethyl adjacent to an activating group) is 1. The molecule has 12 nitrogen and oxygen atoms in total. The topological polar surface area (TPSA) is 129 Å². The second kappa shape index (κ2) is 16.4. The zero-order valence-electron chi connectivity index (χ0n) is 35.2. The van der Waals surface area contributed by atoms with Gasteiger partial charge in [-0.15, -0.1) is 6.42 Å². The number of halogens is 3. The molecule has 2 saturated heterocycles. The van der Waals surface area contributed by atoms with E-state index in [1.807, 2.05) is 24.0 Å². The molecule has 0 bridgehead atoms. The summed E-state index contributed by atoms with van der Waals surface area (Å²) in [7, 11) is 1.75. The molecule has 61 heavy (non-hydrogen) atoms. The van der Waals surface area contributed by atoms with Crippen molar-refractivity contribution in [2.24, 2.45) is 0 Å². The van der Waals surface area contributed by atoms with E-state index >= 15 is 13.2 Å². The highest BCUT2D eigenvalue weighted by atomic mass is 19.1. The van der Waals surface area contributed by atoms with Crippen LogP contribution < -0.4 is 19.9 Å². The van der Waals surface area contributed by atoms with Gasteiger partial charge in [0.05, 0.1) is 65.0 Å². The maximum Gasteiger partial charge on any atom is 0.319 e. The quantitative estimate of drug-likeness (QED) is 0.127. The number of terminal acetylenes is 1. The van der Waals surface area contributed by atoms with Crippen molar-refractivity contribution >= 4 is 34.1 Å². The molecule has 1 amide bonds. The van der Waals surface area contributed by atoms with Gasteiger partial charge in [-0.25, -0.2) is 18.2 Å². The first-order chi connectivity index (χ1) is 29.2. The Morgan fingerprint density at radius 1 is 1.16 bits per heavy atom. The molecule has 2 aliphatic heterocycles. The Hall–Kier alpha value is -5.46. The fourth-order valence-electron chi connectivity index (χ4n) is 9.98. The SMILES string of the molecule is C#Cc1c(F)ccc2c1[C@@H](c1ncc3c(NCC4(N(C)C(=O)C=C)CCCC4)nc(OC[C@]4(C)C[C@@H](F)CN4c4ccc(N5CCOC[C@@H]5C)cn4)nc3c1F)C[C@@](C)(O)C2. The number of hydrogen-bond donors (Lipinski definition) is 2. The van der Waals surface area contributed by atoms with Crippen molar-refractivity contribution in [3.63, 3.8) is 0 Å². The van der Waals surface area contributed by atoms with Crippen LogP contribution in [0.25, 0.3) is 10.9 Å². The van der Waals surface area contributed by atoms with Crippen LogP contribution in [-0.2, 0) is 16.0 Å². The number of nitrogens with one attached hydrogen (secondary N) is 1. The van der Waals surface area contributed by atoms with Crippen molar-refractivity contribution in [1.82, 2.24) is 24.8 Å². The van der Waals surface area contributed by atoms with E-state index < -0.39 is 40.4 Å². The van der Waals surface area contributed by atoms with Gasteiger partial charge >= 0.3 is 6.01 Å². The molecule has 0 unspecified atom stereocenters.